The lowest BCUT2D eigenvalue weighted by Gasteiger charge is -1.82. The van der Waals surface area contributed by atoms with Crippen molar-refractivity contribution in [1.29, 1.82) is 0 Å². The van der Waals surface area contributed by atoms with Crippen LogP contribution < -0.4 is 0 Å². The molecule has 0 rings (SSSR count). The van der Waals surface area contributed by atoms with E-state index in [0.717, 1.165) is 6.26 Å². The maximum atomic E-state index is 9.94. The third-order valence-electron chi connectivity index (χ3n) is 0.339. The first-order chi connectivity index (χ1) is 2.56. The summed E-state index contributed by atoms with van der Waals surface area (Å²) in [6.07, 6.45) is 1.16. The normalized spacial score (nSPS) is 19.2. The lowest BCUT2D eigenvalue weighted by Crippen LogP contribution is -1.88. The van der Waals surface area contributed by atoms with Crippen molar-refractivity contribution in [3.05, 3.63) is 0 Å². The summed E-state index contributed by atoms with van der Waals surface area (Å²) in [6.45, 7) is 0. The van der Waals surface area contributed by atoms with Gasteiger partial charge in [-0.1, -0.05) is 0 Å². The van der Waals surface area contributed by atoms with Crippen LogP contribution in [0.1, 0.15) is 0 Å². The summed E-state index contributed by atoms with van der Waals surface area (Å²) in [7, 11) is -1.48. The molecule has 1 N–H and O–H groups in total. The molecule has 0 saturated heterocycles. The average molecular weight is 109 g/mol. The van der Waals surface area contributed by atoms with Gasteiger partial charge in [-0.15, -0.1) is 0 Å². The van der Waals surface area contributed by atoms with Crippen molar-refractivity contribution in [2.75, 3.05) is 13.3 Å². The smallest absolute Gasteiger partial charge is 0.157 e. The van der Waals surface area contributed by atoms with Gasteiger partial charge in [-0.05, 0) is 0 Å². The first-order valence-electron chi connectivity index (χ1n) is 1.39. The fourth-order valence-corrected chi connectivity index (χ4v) is 0. The van der Waals surface area contributed by atoms with Crippen LogP contribution in [0.15, 0.2) is 4.36 Å². The summed E-state index contributed by atoms with van der Waals surface area (Å²) >= 11 is 0. The summed E-state index contributed by atoms with van der Waals surface area (Å²) in [5.41, 5.74) is 0. The molecular weight excluding hydrogens is 102 g/mol. The van der Waals surface area contributed by atoms with Crippen LogP contribution in [0.25, 0.3) is 0 Å². The quantitative estimate of drug-likeness (QED) is 0.482. The summed E-state index contributed by atoms with van der Waals surface area (Å²) in [5, 5.41) is 0. The molecule has 4 heteroatoms. The fraction of sp³-hybridized carbons (Fsp3) is 1.00. The topological polar surface area (TPSA) is 49.7 Å². The Hall–Kier alpha value is -0.0900. The van der Waals surface area contributed by atoms with Crippen LogP contribution in [0.4, 0.5) is 0 Å². The number of rotatable bonds is 0. The van der Waals surface area contributed by atoms with Gasteiger partial charge in [-0.25, -0.2) is 8.57 Å². The van der Waals surface area contributed by atoms with Crippen LogP contribution in [-0.2, 0) is 10.0 Å². The summed E-state index contributed by atoms with van der Waals surface area (Å²) in [4.78, 5) is 0. The third-order valence-corrected chi connectivity index (χ3v) is 1.02. The summed E-state index contributed by atoms with van der Waals surface area (Å²) in [5.74, 6) is 0. The lowest BCUT2D eigenvalue weighted by atomic mass is 11.6. The molecular formula is C2H7NO2S. The van der Waals surface area contributed by atoms with E-state index in [1.54, 1.807) is 0 Å². The fourth-order valence-electron chi connectivity index (χ4n) is 0. The monoisotopic (exact) mass is 109 g/mol. The highest BCUT2D eigenvalue weighted by Crippen LogP contribution is 1.74. The van der Waals surface area contributed by atoms with Crippen LogP contribution in [0.3, 0.4) is 0 Å². The highest BCUT2D eigenvalue weighted by Gasteiger charge is 1.80. The van der Waals surface area contributed by atoms with Gasteiger partial charge in [0.25, 0.3) is 0 Å². The molecule has 1 atom stereocenters. The van der Waals surface area contributed by atoms with Crippen LogP contribution in [0.2, 0.25) is 0 Å². The summed E-state index contributed by atoms with van der Waals surface area (Å²) < 4.78 is 21.2. The van der Waals surface area contributed by atoms with E-state index in [-0.39, 0.29) is 0 Å². The Labute approximate surface area is 37.4 Å². The first-order valence-corrected chi connectivity index (χ1v) is 3.27. The first kappa shape index (κ1) is 5.91. The summed E-state index contributed by atoms with van der Waals surface area (Å²) in [6, 6.07) is 0. The van der Waals surface area contributed by atoms with Gasteiger partial charge in [0, 0.05) is 13.3 Å². The maximum absolute atomic E-state index is 9.94. The van der Waals surface area contributed by atoms with Crippen molar-refractivity contribution in [1.82, 2.24) is 0 Å². The van der Waals surface area contributed by atoms with Crippen molar-refractivity contribution < 1.29 is 8.76 Å². The average Bonchev–Trinajstić information content (AvgIpc) is 1.35. The van der Waals surface area contributed by atoms with Crippen LogP contribution in [0.5, 0.6) is 0 Å². The second kappa shape index (κ2) is 1.57. The Kier molecular flexibility index (Phi) is 1.55. The molecule has 0 heterocycles. The van der Waals surface area contributed by atoms with Gasteiger partial charge in [0.2, 0.25) is 0 Å². The van der Waals surface area contributed by atoms with Gasteiger partial charge in [0.05, 0.1) is 0 Å². The van der Waals surface area contributed by atoms with Crippen molar-refractivity contribution in [2.24, 2.45) is 4.36 Å². The zero-order valence-corrected chi connectivity index (χ0v) is 4.53. The van der Waals surface area contributed by atoms with Gasteiger partial charge in [0.1, 0.15) is 0 Å². The van der Waals surface area contributed by atoms with Crippen molar-refractivity contribution >= 4 is 10.0 Å². The standard InChI is InChI=1S/C2H7NO2S/c1-3-6(2,4)5/h1-2H3,(H,3,4,5). The minimum atomic E-state index is -2.79. The maximum Gasteiger partial charge on any atom is 0.157 e. The van der Waals surface area contributed by atoms with Gasteiger partial charge in [-0.3, -0.25) is 0 Å². The zero-order chi connectivity index (χ0) is 5.21. The molecule has 0 spiro atoms. The van der Waals surface area contributed by atoms with Crippen LogP contribution in [0, 0.1) is 0 Å². The molecule has 38 valence electrons. The highest BCUT2D eigenvalue weighted by molar-refractivity contribution is 7.87. The minimum absolute atomic E-state index is 1.16. The molecule has 0 fully saturated rings. The van der Waals surface area contributed by atoms with E-state index in [4.69, 9.17) is 4.55 Å². The zero-order valence-electron chi connectivity index (χ0n) is 3.71. The molecule has 0 aliphatic heterocycles. The number of nitrogens with zero attached hydrogens (tertiary/aromatic N) is 1. The van der Waals surface area contributed by atoms with E-state index in [9.17, 15) is 4.21 Å². The molecule has 0 aliphatic carbocycles. The third kappa shape index (κ3) is 3.91. The SMILES string of the molecule is CN=S(C)(=O)O. The van der Waals surface area contributed by atoms with E-state index in [1.165, 1.54) is 7.05 Å². The van der Waals surface area contributed by atoms with E-state index in [1.807, 2.05) is 0 Å². The molecule has 0 amide bonds. The molecule has 0 aromatic rings. The van der Waals surface area contributed by atoms with E-state index in [0.29, 0.717) is 0 Å². The highest BCUT2D eigenvalue weighted by atomic mass is 32.2. The lowest BCUT2D eigenvalue weighted by molar-refractivity contribution is 0.558. The molecule has 0 aromatic carbocycles. The van der Waals surface area contributed by atoms with Crippen LogP contribution >= 0.6 is 0 Å². The van der Waals surface area contributed by atoms with Crippen molar-refractivity contribution in [3.8, 4) is 0 Å². The van der Waals surface area contributed by atoms with Crippen molar-refractivity contribution in [3.63, 3.8) is 0 Å². The van der Waals surface area contributed by atoms with Crippen LogP contribution in [-0.4, -0.2) is 22.1 Å². The van der Waals surface area contributed by atoms with E-state index < -0.39 is 10.0 Å². The molecule has 3 nitrogen and oxygen atoms in total. The molecule has 6 heavy (non-hydrogen) atoms. The van der Waals surface area contributed by atoms with E-state index >= 15 is 0 Å². The number of hydrogen-bond donors (Lipinski definition) is 1. The van der Waals surface area contributed by atoms with Gasteiger partial charge < -0.3 is 4.55 Å². The Bertz CT molecular complexity index is 124. The Morgan fingerprint density at radius 3 is 2.00 bits per heavy atom. The molecule has 0 radical (unpaired) electrons. The Morgan fingerprint density at radius 2 is 2.00 bits per heavy atom. The van der Waals surface area contributed by atoms with E-state index in [2.05, 4.69) is 4.36 Å². The Morgan fingerprint density at radius 1 is 1.83 bits per heavy atom. The minimum Gasteiger partial charge on any atom is -0.301 e. The second-order valence-electron chi connectivity index (χ2n) is 0.945. The molecule has 0 aliphatic rings. The Balaban J connectivity index is 4.24. The number of hydrogen-bond acceptors (Lipinski definition) is 2. The molecule has 1 unspecified atom stereocenters. The molecule has 0 aromatic heterocycles. The van der Waals surface area contributed by atoms with Crippen molar-refractivity contribution in [2.45, 2.75) is 0 Å². The van der Waals surface area contributed by atoms with Gasteiger partial charge in [-0.2, -0.15) is 0 Å². The van der Waals surface area contributed by atoms with Gasteiger partial charge >= 0.3 is 0 Å². The molecule has 0 saturated carbocycles. The predicted octanol–water partition coefficient (Wildman–Crippen LogP) is 0.187. The second-order valence-corrected chi connectivity index (χ2v) is 2.84. The van der Waals surface area contributed by atoms with Gasteiger partial charge in [0.15, 0.2) is 10.0 Å². The largest absolute Gasteiger partial charge is 0.301 e. The predicted molar refractivity (Wildman–Crippen MR) is 25.0 cm³/mol. The molecule has 0 bridgehead atoms.